The summed E-state index contributed by atoms with van der Waals surface area (Å²) in [5.41, 5.74) is 2.52. The Labute approximate surface area is 76.7 Å². The number of carboxylic acid groups (broad SMARTS) is 1. The van der Waals surface area contributed by atoms with Crippen LogP contribution < -0.4 is 0 Å². The molecule has 0 radical (unpaired) electrons. The van der Waals surface area contributed by atoms with E-state index in [1.807, 2.05) is 13.0 Å². The zero-order chi connectivity index (χ0) is 9.84. The van der Waals surface area contributed by atoms with Crippen molar-refractivity contribution in [1.82, 2.24) is 4.98 Å². The summed E-state index contributed by atoms with van der Waals surface area (Å²) in [6, 6.07) is 3.65. The minimum Gasteiger partial charge on any atom is -0.478 e. The van der Waals surface area contributed by atoms with Crippen LogP contribution in [0.4, 0.5) is 0 Å². The van der Waals surface area contributed by atoms with E-state index in [0.29, 0.717) is 0 Å². The van der Waals surface area contributed by atoms with Crippen LogP contribution in [0.1, 0.15) is 18.2 Å². The minimum atomic E-state index is -0.924. The van der Waals surface area contributed by atoms with Crippen molar-refractivity contribution in [2.45, 2.75) is 13.8 Å². The lowest BCUT2D eigenvalue weighted by Crippen LogP contribution is -1.91. The topological polar surface area (TPSA) is 50.2 Å². The SMILES string of the molecule is C/C(=C\C(=O)O)c1ccnc(C)c1. The van der Waals surface area contributed by atoms with Gasteiger partial charge in [0, 0.05) is 18.0 Å². The summed E-state index contributed by atoms with van der Waals surface area (Å²) in [5, 5.41) is 8.52. The summed E-state index contributed by atoms with van der Waals surface area (Å²) in [6.07, 6.45) is 2.86. The van der Waals surface area contributed by atoms with Crippen LogP contribution >= 0.6 is 0 Å². The van der Waals surface area contributed by atoms with E-state index in [4.69, 9.17) is 5.11 Å². The van der Waals surface area contributed by atoms with Gasteiger partial charge >= 0.3 is 5.97 Å². The minimum absolute atomic E-state index is 0.734. The van der Waals surface area contributed by atoms with E-state index in [1.165, 1.54) is 6.08 Å². The van der Waals surface area contributed by atoms with E-state index in [-0.39, 0.29) is 0 Å². The molecule has 0 fully saturated rings. The number of rotatable bonds is 2. The Morgan fingerprint density at radius 2 is 2.31 bits per heavy atom. The van der Waals surface area contributed by atoms with Gasteiger partial charge in [-0.15, -0.1) is 0 Å². The summed E-state index contributed by atoms with van der Waals surface area (Å²) in [7, 11) is 0. The highest BCUT2D eigenvalue weighted by Gasteiger charge is 1.98. The smallest absolute Gasteiger partial charge is 0.328 e. The van der Waals surface area contributed by atoms with Gasteiger partial charge in [-0.1, -0.05) is 0 Å². The summed E-state index contributed by atoms with van der Waals surface area (Å²) in [5.74, 6) is -0.924. The molecule has 1 rings (SSSR count). The van der Waals surface area contributed by atoms with E-state index < -0.39 is 5.97 Å². The first kappa shape index (κ1) is 9.45. The molecule has 0 aromatic carbocycles. The Hall–Kier alpha value is -1.64. The van der Waals surface area contributed by atoms with Crippen molar-refractivity contribution in [2.75, 3.05) is 0 Å². The highest BCUT2D eigenvalue weighted by Crippen LogP contribution is 2.12. The molecule has 1 aromatic rings. The number of allylic oxidation sites excluding steroid dienone is 1. The van der Waals surface area contributed by atoms with Gasteiger partial charge in [0.25, 0.3) is 0 Å². The Bertz CT molecular complexity index is 356. The van der Waals surface area contributed by atoms with Gasteiger partial charge in [-0.25, -0.2) is 4.79 Å². The second kappa shape index (κ2) is 3.85. The molecule has 0 atom stereocenters. The van der Waals surface area contributed by atoms with Crippen LogP contribution in [0.5, 0.6) is 0 Å². The molecule has 1 heterocycles. The molecule has 0 saturated heterocycles. The van der Waals surface area contributed by atoms with Gasteiger partial charge in [-0.05, 0) is 37.1 Å². The molecule has 0 aliphatic heterocycles. The summed E-state index contributed by atoms with van der Waals surface area (Å²) in [6.45, 7) is 3.64. The van der Waals surface area contributed by atoms with E-state index in [2.05, 4.69) is 4.98 Å². The van der Waals surface area contributed by atoms with Gasteiger partial charge in [-0.3, -0.25) is 4.98 Å². The third kappa shape index (κ3) is 2.71. The fraction of sp³-hybridized carbons (Fsp3) is 0.200. The van der Waals surface area contributed by atoms with Crippen molar-refractivity contribution in [3.8, 4) is 0 Å². The molecular formula is C10H11NO2. The molecule has 0 spiro atoms. The van der Waals surface area contributed by atoms with Crippen LogP contribution in [0.2, 0.25) is 0 Å². The van der Waals surface area contributed by atoms with Crippen molar-refractivity contribution in [3.05, 3.63) is 35.7 Å². The Morgan fingerprint density at radius 1 is 1.62 bits per heavy atom. The highest BCUT2D eigenvalue weighted by atomic mass is 16.4. The fourth-order valence-electron chi connectivity index (χ4n) is 1.06. The number of hydrogen-bond acceptors (Lipinski definition) is 2. The third-order valence-corrected chi connectivity index (χ3v) is 1.69. The largest absolute Gasteiger partial charge is 0.478 e. The van der Waals surface area contributed by atoms with Crippen LogP contribution in [0, 0.1) is 6.92 Å². The van der Waals surface area contributed by atoms with Crippen LogP contribution in [-0.2, 0) is 4.79 Å². The number of aliphatic carboxylic acids is 1. The van der Waals surface area contributed by atoms with Crippen molar-refractivity contribution in [2.24, 2.45) is 0 Å². The monoisotopic (exact) mass is 177 g/mol. The van der Waals surface area contributed by atoms with Crippen molar-refractivity contribution >= 4 is 11.5 Å². The van der Waals surface area contributed by atoms with Gasteiger partial charge in [0.05, 0.1) is 0 Å². The Morgan fingerprint density at radius 3 is 2.85 bits per heavy atom. The molecule has 3 nitrogen and oxygen atoms in total. The summed E-state index contributed by atoms with van der Waals surface area (Å²) < 4.78 is 0. The molecule has 0 aliphatic carbocycles. The molecule has 3 heteroatoms. The lowest BCUT2D eigenvalue weighted by molar-refractivity contribution is -0.131. The predicted octanol–water partition coefficient (Wildman–Crippen LogP) is 1.88. The molecule has 1 aromatic heterocycles. The first-order valence-corrected chi connectivity index (χ1v) is 3.94. The lowest BCUT2D eigenvalue weighted by Gasteiger charge is -2.00. The lowest BCUT2D eigenvalue weighted by atomic mass is 10.1. The summed E-state index contributed by atoms with van der Waals surface area (Å²) in [4.78, 5) is 14.4. The molecule has 68 valence electrons. The Kier molecular flexibility index (Phi) is 2.80. The maximum atomic E-state index is 10.4. The molecular weight excluding hydrogens is 166 g/mol. The molecule has 0 saturated carbocycles. The second-order valence-corrected chi connectivity index (χ2v) is 2.85. The van der Waals surface area contributed by atoms with Gasteiger partial charge in [0.15, 0.2) is 0 Å². The zero-order valence-corrected chi connectivity index (χ0v) is 7.61. The van der Waals surface area contributed by atoms with E-state index in [1.54, 1.807) is 19.2 Å². The number of hydrogen-bond donors (Lipinski definition) is 1. The number of aromatic nitrogens is 1. The van der Waals surface area contributed by atoms with Gasteiger partial charge < -0.3 is 5.11 Å². The van der Waals surface area contributed by atoms with Gasteiger partial charge in [-0.2, -0.15) is 0 Å². The first-order valence-electron chi connectivity index (χ1n) is 3.94. The van der Waals surface area contributed by atoms with Gasteiger partial charge in [0.1, 0.15) is 0 Å². The second-order valence-electron chi connectivity index (χ2n) is 2.85. The first-order chi connectivity index (χ1) is 6.09. The Balaban J connectivity index is 3.02. The van der Waals surface area contributed by atoms with E-state index >= 15 is 0 Å². The standard InChI is InChI=1S/C10H11NO2/c1-7(5-10(12)13)9-3-4-11-8(2)6-9/h3-6H,1-2H3,(H,12,13)/b7-5+. The van der Waals surface area contributed by atoms with E-state index in [9.17, 15) is 4.79 Å². The van der Waals surface area contributed by atoms with Crippen molar-refractivity contribution < 1.29 is 9.90 Å². The van der Waals surface area contributed by atoms with Crippen LogP contribution in [0.15, 0.2) is 24.4 Å². The number of carboxylic acids is 1. The maximum absolute atomic E-state index is 10.4. The van der Waals surface area contributed by atoms with Crippen molar-refractivity contribution in [1.29, 1.82) is 0 Å². The van der Waals surface area contributed by atoms with Crippen LogP contribution in [0.25, 0.3) is 5.57 Å². The maximum Gasteiger partial charge on any atom is 0.328 e. The number of aryl methyl sites for hydroxylation is 1. The summed E-state index contributed by atoms with van der Waals surface area (Å²) >= 11 is 0. The molecule has 0 bridgehead atoms. The number of nitrogens with zero attached hydrogens (tertiary/aromatic N) is 1. The predicted molar refractivity (Wildman–Crippen MR) is 50.3 cm³/mol. The molecule has 0 amide bonds. The van der Waals surface area contributed by atoms with Gasteiger partial charge in [0.2, 0.25) is 0 Å². The molecule has 0 unspecified atom stereocenters. The fourth-order valence-corrected chi connectivity index (χ4v) is 1.06. The quantitative estimate of drug-likeness (QED) is 0.701. The average molecular weight is 177 g/mol. The molecule has 0 aliphatic rings. The normalized spacial score (nSPS) is 11.4. The van der Waals surface area contributed by atoms with E-state index in [0.717, 1.165) is 16.8 Å². The number of pyridine rings is 1. The zero-order valence-electron chi connectivity index (χ0n) is 7.61. The third-order valence-electron chi connectivity index (χ3n) is 1.69. The van der Waals surface area contributed by atoms with Crippen LogP contribution in [0.3, 0.4) is 0 Å². The van der Waals surface area contributed by atoms with Crippen LogP contribution in [-0.4, -0.2) is 16.1 Å². The van der Waals surface area contributed by atoms with Crippen molar-refractivity contribution in [3.63, 3.8) is 0 Å². The highest BCUT2D eigenvalue weighted by molar-refractivity contribution is 5.89. The molecule has 1 N–H and O–H groups in total. The number of carbonyl (C=O) groups is 1. The average Bonchev–Trinajstić information content (AvgIpc) is 2.03. The molecule has 13 heavy (non-hydrogen) atoms.